The molecule has 0 saturated heterocycles. The highest BCUT2D eigenvalue weighted by Crippen LogP contribution is 2.29. The monoisotopic (exact) mass is 428 g/mol. The van der Waals surface area contributed by atoms with Crippen molar-refractivity contribution in [1.29, 1.82) is 0 Å². The van der Waals surface area contributed by atoms with Gasteiger partial charge in [-0.05, 0) is 48.5 Å². The Bertz CT molecular complexity index is 1150. The number of halogens is 1. The van der Waals surface area contributed by atoms with E-state index in [0.29, 0.717) is 17.0 Å². The van der Waals surface area contributed by atoms with Gasteiger partial charge in [0.2, 0.25) is 5.91 Å². The summed E-state index contributed by atoms with van der Waals surface area (Å²) in [5.74, 6) is -0.285. The van der Waals surface area contributed by atoms with Gasteiger partial charge in [0.15, 0.2) is 0 Å². The summed E-state index contributed by atoms with van der Waals surface area (Å²) >= 11 is 0. The number of methoxy groups -OCH3 is 1. The molecule has 6 nitrogen and oxygen atoms in total. The molecule has 0 aliphatic heterocycles. The number of hydrogen-bond acceptors (Lipinski definition) is 4. The number of nitrogens with zero attached hydrogens (tertiary/aromatic N) is 1. The number of para-hydroxylation sites is 1. The van der Waals surface area contributed by atoms with Crippen LogP contribution in [0.1, 0.15) is 12.5 Å². The van der Waals surface area contributed by atoms with Gasteiger partial charge in [0.05, 0.1) is 24.2 Å². The smallest absolute Gasteiger partial charge is 0.264 e. The molecule has 0 bridgehead atoms. The molecule has 0 fully saturated rings. The first kappa shape index (κ1) is 21.3. The Morgan fingerprint density at radius 3 is 2.37 bits per heavy atom. The van der Waals surface area contributed by atoms with Gasteiger partial charge in [0.1, 0.15) is 11.6 Å². The molecule has 8 heteroatoms. The number of rotatable bonds is 7. The van der Waals surface area contributed by atoms with Crippen LogP contribution < -0.4 is 14.4 Å². The maximum Gasteiger partial charge on any atom is 0.264 e. The summed E-state index contributed by atoms with van der Waals surface area (Å²) in [4.78, 5) is 11.2. The number of amides is 1. The predicted octanol–water partition coefficient (Wildman–Crippen LogP) is 4.19. The molecule has 0 saturated carbocycles. The third-order valence-electron chi connectivity index (χ3n) is 4.37. The van der Waals surface area contributed by atoms with Crippen molar-refractivity contribution >= 4 is 27.3 Å². The number of hydrogen-bond donors (Lipinski definition) is 1. The summed E-state index contributed by atoms with van der Waals surface area (Å²) < 4.78 is 47.3. The Hall–Kier alpha value is -3.39. The first-order valence-corrected chi connectivity index (χ1v) is 10.5. The highest BCUT2D eigenvalue weighted by atomic mass is 32.2. The minimum atomic E-state index is -4.04. The average Bonchev–Trinajstić information content (AvgIpc) is 2.72. The average molecular weight is 428 g/mol. The fourth-order valence-electron chi connectivity index (χ4n) is 2.98. The molecule has 3 aromatic rings. The Labute approximate surface area is 175 Å². The SMILES string of the molecule is COc1ccccc1CN(c1cccc(F)c1)S(=O)(=O)c1ccc(NC(C)=O)cc1. The van der Waals surface area contributed by atoms with Gasteiger partial charge in [0, 0.05) is 18.2 Å². The Kier molecular flexibility index (Phi) is 6.37. The van der Waals surface area contributed by atoms with Gasteiger partial charge in [-0.25, -0.2) is 12.8 Å². The van der Waals surface area contributed by atoms with Gasteiger partial charge in [0.25, 0.3) is 10.0 Å². The van der Waals surface area contributed by atoms with E-state index in [9.17, 15) is 17.6 Å². The van der Waals surface area contributed by atoms with Crippen molar-refractivity contribution in [3.63, 3.8) is 0 Å². The van der Waals surface area contributed by atoms with Crippen molar-refractivity contribution in [1.82, 2.24) is 0 Å². The van der Waals surface area contributed by atoms with Crippen molar-refractivity contribution in [2.75, 3.05) is 16.7 Å². The number of ether oxygens (including phenoxy) is 1. The van der Waals surface area contributed by atoms with Crippen LogP contribution in [0.25, 0.3) is 0 Å². The van der Waals surface area contributed by atoms with Crippen LogP contribution in [0, 0.1) is 5.82 Å². The van der Waals surface area contributed by atoms with Gasteiger partial charge in [-0.1, -0.05) is 24.3 Å². The zero-order valence-corrected chi connectivity index (χ0v) is 17.3. The molecule has 1 amide bonds. The van der Waals surface area contributed by atoms with E-state index in [1.807, 2.05) is 0 Å². The molecule has 3 rings (SSSR count). The molecule has 0 spiro atoms. The fraction of sp³-hybridized carbons (Fsp3) is 0.136. The van der Waals surface area contributed by atoms with E-state index in [2.05, 4.69) is 5.32 Å². The maximum atomic E-state index is 13.9. The minimum absolute atomic E-state index is 0.00996. The number of sulfonamides is 1. The lowest BCUT2D eigenvalue weighted by Gasteiger charge is -2.25. The second-order valence-corrected chi connectivity index (χ2v) is 8.37. The van der Waals surface area contributed by atoms with Crippen molar-refractivity contribution in [3.8, 4) is 5.75 Å². The molecule has 0 radical (unpaired) electrons. The quantitative estimate of drug-likeness (QED) is 0.612. The van der Waals surface area contributed by atoms with Crippen molar-refractivity contribution < 1.29 is 22.3 Å². The third kappa shape index (κ3) is 4.77. The molecule has 156 valence electrons. The zero-order valence-electron chi connectivity index (χ0n) is 16.5. The van der Waals surface area contributed by atoms with E-state index in [1.165, 1.54) is 62.6 Å². The Morgan fingerprint density at radius 1 is 1.03 bits per heavy atom. The molecule has 0 aliphatic carbocycles. The van der Waals surface area contributed by atoms with Gasteiger partial charge in [-0.15, -0.1) is 0 Å². The lowest BCUT2D eigenvalue weighted by molar-refractivity contribution is -0.114. The summed E-state index contributed by atoms with van der Waals surface area (Å²) in [6, 6.07) is 18.2. The van der Waals surface area contributed by atoms with Gasteiger partial charge < -0.3 is 10.1 Å². The van der Waals surface area contributed by atoms with Crippen LogP contribution in [0.3, 0.4) is 0 Å². The molecular weight excluding hydrogens is 407 g/mol. The fourth-order valence-corrected chi connectivity index (χ4v) is 4.41. The summed E-state index contributed by atoms with van der Waals surface area (Å²) in [6.45, 7) is 1.31. The van der Waals surface area contributed by atoms with Crippen LogP contribution in [0.15, 0.2) is 77.7 Å². The number of nitrogens with one attached hydrogen (secondary N) is 1. The van der Waals surface area contributed by atoms with Crippen LogP contribution in [-0.4, -0.2) is 21.4 Å². The van der Waals surface area contributed by atoms with Crippen LogP contribution >= 0.6 is 0 Å². The molecule has 0 aromatic heterocycles. The number of carbonyl (C=O) groups is 1. The van der Waals surface area contributed by atoms with E-state index in [1.54, 1.807) is 24.3 Å². The predicted molar refractivity (Wildman–Crippen MR) is 114 cm³/mol. The van der Waals surface area contributed by atoms with Crippen LogP contribution in [0.5, 0.6) is 5.75 Å². The van der Waals surface area contributed by atoms with Crippen LogP contribution in [0.4, 0.5) is 15.8 Å². The molecule has 1 N–H and O–H groups in total. The standard InChI is InChI=1S/C22H21FN2O4S/c1-16(26)24-19-10-12-21(13-11-19)30(27,28)25(20-8-5-7-18(23)14-20)15-17-6-3-4-9-22(17)29-2/h3-14H,15H2,1-2H3,(H,24,26). The van der Waals surface area contributed by atoms with E-state index in [-0.39, 0.29) is 23.0 Å². The molecular formula is C22H21FN2O4S. The minimum Gasteiger partial charge on any atom is -0.496 e. The largest absolute Gasteiger partial charge is 0.496 e. The Morgan fingerprint density at radius 2 is 1.73 bits per heavy atom. The van der Waals surface area contributed by atoms with Crippen molar-refractivity contribution in [2.45, 2.75) is 18.4 Å². The molecule has 0 atom stereocenters. The first-order valence-electron chi connectivity index (χ1n) is 9.09. The van der Waals surface area contributed by atoms with Crippen molar-refractivity contribution in [2.24, 2.45) is 0 Å². The Balaban J connectivity index is 2.05. The zero-order chi connectivity index (χ0) is 21.7. The molecule has 0 heterocycles. The highest BCUT2D eigenvalue weighted by Gasteiger charge is 2.26. The molecule has 0 unspecified atom stereocenters. The summed E-state index contributed by atoms with van der Waals surface area (Å²) in [5, 5.41) is 2.59. The molecule has 0 aliphatic rings. The number of benzene rings is 3. The number of carbonyl (C=O) groups excluding carboxylic acids is 1. The summed E-state index contributed by atoms with van der Waals surface area (Å²) in [5.41, 5.74) is 1.29. The van der Waals surface area contributed by atoms with Gasteiger partial charge in [-0.2, -0.15) is 0 Å². The second kappa shape index (κ2) is 8.96. The van der Waals surface area contributed by atoms with E-state index < -0.39 is 15.8 Å². The third-order valence-corrected chi connectivity index (χ3v) is 6.15. The van der Waals surface area contributed by atoms with Crippen LogP contribution in [0.2, 0.25) is 0 Å². The van der Waals surface area contributed by atoms with Gasteiger partial charge >= 0.3 is 0 Å². The van der Waals surface area contributed by atoms with Crippen molar-refractivity contribution in [3.05, 3.63) is 84.2 Å². The second-order valence-electron chi connectivity index (χ2n) is 6.51. The lowest BCUT2D eigenvalue weighted by Crippen LogP contribution is -2.30. The summed E-state index contributed by atoms with van der Waals surface area (Å²) in [6.07, 6.45) is 0. The lowest BCUT2D eigenvalue weighted by atomic mass is 10.2. The van der Waals surface area contributed by atoms with E-state index in [4.69, 9.17) is 4.74 Å². The highest BCUT2D eigenvalue weighted by molar-refractivity contribution is 7.92. The maximum absolute atomic E-state index is 13.9. The molecule has 3 aromatic carbocycles. The summed E-state index contributed by atoms with van der Waals surface area (Å²) in [7, 11) is -2.54. The van der Waals surface area contributed by atoms with E-state index in [0.717, 1.165) is 4.31 Å². The topological polar surface area (TPSA) is 75.7 Å². The van der Waals surface area contributed by atoms with E-state index >= 15 is 0 Å². The van der Waals surface area contributed by atoms with Gasteiger partial charge in [-0.3, -0.25) is 9.10 Å². The number of anilines is 2. The molecule has 30 heavy (non-hydrogen) atoms. The normalized spacial score (nSPS) is 11.0. The van der Waals surface area contributed by atoms with Crippen LogP contribution in [-0.2, 0) is 21.4 Å². The first-order chi connectivity index (χ1) is 14.3.